The Morgan fingerprint density at radius 1 is 0.280 bits per heavy atom. The average molecular weight is 1470 g/mol. The Morgan fingerprint density at radius 2 is 0.480 bits per heavy atom. The molecule has 19 heteroatoms. The Balaban J connectivity index is 5.24. The van der Waals surface area contributed by atoms with Crippen molar-refractivity contribution >= 4 is 39.5 Å². The van der Waals surface area contributed by atoms with Gasteiger partial charge in [0.1, 0.15) is 19.3 Å². The monoisotopic (exact) mass is 1470 g/mol. The highest BCUT2D eigenvalue weighted by Crippen LogP contribution is 2.45. The lowest BCUT2D eigenvalue weighted by Gasteiger charge is -2.21. The van der Waals surface area contributed by atoms with Crippen molar-refractivity contribution < 1.29 is 80.2 Å². The number of hydrogen-bond donors (Lipinski definition) is 3. The molecule has 3 unspecified atom stereocenters. The van der Waals surface area contributed by atoms with Crippen molar-refractivity contribution in [2.75, 3.05) is 39.6 Å². The fraction of sp³-hybridized carbons (Fsp3) is 0.951. The summed E-state index contributed by atoms with van der Waals surface area (Å²) in [5, 5.41) is 10.6. The highest BCUT2D eigenvalue weighted by atomic mass is 31.2. The van der Waals surface area contributed by atoms with E-state index >= 15 is 0 Å². The third kappa shape index (κ3) is 73.0. The largest absolute Gasteiger partial charge is 0.472 e. The molecule has 0 aromatic rings. The molecule has 0 bridgehead atoms. The van der Waals surface area contributed by atoms with Gasteiger partial charge in [-0.3, -0.25) is 37.3 Å². The average Bonchev–Trinajstić information content (AvgIpc) is 1.00. The summed E-state index contributed by atoms with van der Waals surface area (Å²) in [7, 11) is -9.92. The fourth-order valence-electron chi connectivity index (χ4n) is 12.4. The van der Waals surface area contributed by atoms with Crippen LogP contribution in [0.1, 0.15) is 415 Å². The predicted molar refractivity (Wildman–Crippen MR) is 409 cm³/mol. The molecule has 0 aromatic carbocycles. The van der Waals surface area contributed by atoms with E-state index in [0.29, 0.717) is 25.7 Å². The number of aliphatic hydroxyl groups excluding tert-OH is 1. The number of phosphoric ester groups is 2. The SMILES string of the molecule is CCC(C)CCCCCCCCC(=O)OC[C@H](COP(=O)(O)OC[C@H](O)COP(=O)(O)OC[C@@H](COC(=O)CCCCCCCCCCCCCCCCCC(C)C)OC(=O)CCCCCCCCCCCCCCC(C)C)OC(=O)CCCCCCCCCCCCCCCCC(C)C. The van der Waals surface area contributed by atoms with Crippen LogP contribution in [0.5, 0.6) is 0 Å². The first-order valence-electron chi connectivity index (χ1n) is 41.7. The quantitative estimate of drug-likeness (QED) is 0.0222. The number of ether oxygens (including phenoxy) is 4. The minimum Gasteiger partial charge on any atom is -0.462 e. The maximum atomic E-state index is 13.1. The second-order valence-corrected chi connectivity index (χ2v) is 33.7. The molecule has 17 nitrogen and oxygen atoms in total. The zero-order chi connectivity index (χ0) is 73.8. The number of carbonyl (C=O) groups is 4. The normalized spacial score (nSPS) is 14.3. The molecule has 0 aliphatic carbocycles. The van der Waals surface area contributed by atoms with Crippen LogP contribution in [0.4, 0.5) is 0 Å². The summed E-state index contributed by atoms with van der Waals surface area (Å²) >= 11 is 0. The Bertz CT molecular complexity index is 1960. The van der Waals surface area contributed by atoms with Crippen molar-refractivity contribution in [3.05, 3.63) is 0 Å². The fourth-order valence-corrected chi connectivity index (χ4v) is 14.0. The van der Waals surface area contributed by atoms with Crippen LogP contribution in [0.2, 0.25) is 0 Å². The first-order chi connectivity index (χ1) is 48.1. The molecule has 0 saturated carbocycles. The molecule has 6 atom stereocenters. The van der Waals surface area contributed by atoms with E-state index in [2.05, 4.69) is 55.4 Å². The lowest BCUT2D eigenvalue weighted by molar-refractivity contribution is -0.161. The molecule has 0 aliphatic rings. The van der Waals surface area contributed by atoms with E-state index in [4.69, 9.17) is 37.0 Å². The van der Waals surface area contributed by atoms with E-state index in [1.807, 2.05) is 0 Å². The smallest absolute Gasteiger partial charge is 0.462 e. The molecule has 0 spiro atoms. The van der Waals surface area contributed by atoms with Gasteiger partial charge in [0.05, 0.1) is 26.4 Å². The first kappa shape index (κ1) is 98.1. The van der Waals surface area contributed by atoms with Gasteiger partial charge in [-0.05, 0) is 49.4 Å². The molecule has 0 saturated heterocycles. The van der Waals surface area contributed by atoms with E-state index in [0.717, 1.165) is 120 Å². The van der Waals surface area contributed by atoms with Gasteiger partial charge in [-0.2, -0.15) is 0 Å². The van der Waals surface area contributed by atoms with E-state index in [1.54, 1.807) is 0 Å². The Kier molecular flexibility index (Phi) is 68.7. The first-order valence-corrected chi connectivity index (χ1v) is 44.7. The van der Waals surface area contributed by atoms with Crippen LogP contribution in [0.25, 0.3) is 0 Å². The summed E-state index contributed by atoms with van der Waals surface area (Å²) in [6, 6.07) is 0. The van der Waals surface area contributed by atoms with E-state index < -0.39 is 97.5 Å². The molecular formula is C81H158O17P2. The molecule has 0 amide bonds. The van der Waals surface area contributed by atoms with Crippen molar-refractivity contribution in [2.45, 2.75) is 433 Å². The predicted octanol–water partition coefficient (Wildman–Crippen LogP) is 24.0. The Labute approximate surface area is 613 Å². The summed E-state index contributed by atoms with van der Waals surface area (Å²) in [6.07, 6.45) is 56.9. The van der Waals surface area contributed by atoms with Crippen molar-refractivity contribution in [1.29, 1.82) is 0 Å². The molecule has 0 fully saturated rings. The van der Waals surface area contributed by atoms with Crippen molar-refractivity contribution in [1.82, 2.24) is 0 Å². The molecule has 0 aromatic heterocycles. The number of rotatable bonds is 78. The van der Waals surface area contributed by atoms with Gasteiger partial charge in [-0.25, -0.2) is 9.13 Å². The van der Waals surface area contributed by atoms with Gasteiger partial charge < -0.3 is 33.8 Å². The van der Waals surface area contributed by atoms with Crippen LogP contribution in [-0.4, -0.2) is 96.7 Å². The van der Waals surface area contributed by atoms with Gasteiger partial charge in [-0.15, -0.1) is 0 Å². The van der Waals surface area contributed by atoms with Gasteiger partial charge in [-0.1, -0.05) is 364 Å². The zero-order valence-corrected chi connectivity index (χ0v) is 67.6. The minimum absolute atomic E-state index is 0.106. The molecule has 0 rings (SSSR count). The molecular weight excluding hydrogens is 1310 g/mol. The molecule has 0 heterocycles. The van der Waals surface area contributed by atoms with E-state index in [9.17, 15) is 43.2 Å². The van der Waals surface area contributed by atoms with E-state index in [-0.39, 0.29) is 25.7 Å². The van der Waals surface area contributed by atoms with Crippen molar-refractivity contribution in [3.63, 3.8) is 0 Å². The number of phosphoric acid groups is 2. The molecule has 0 aliphatic heterocycles. The molecule has 3 N–H and O–H groups in total. The van der Waals surface area contributed by atoms with Crippen LogP contribution < -0.4 is 0 Å². The zero-order valence-electron chi connectivity index (χ0n) is 65.8. The van der Waals surface area contributed by atoms with Crippen molar-refractivity contribution in [3.8, 4) is 0 Å². The van der Waals surface area contributed by atoms with Gasteiger partial charge >= 0.3 is 39.5 Å². The highest BCUT2D eigenvalue weighted by Gasteiger charge is 2.30. The highest BCUT2D eigenvalue weighted by molar-refractivity contribution is 7.47. The minimum atomic E-state index is -4.96. The third-order valence-electron chi connectivity index (χ3n) is 19.2. The summed E-state index contributed by atoms with van der Waals surface area (Å²) in [5.74, 6) is 0.995. The third-order valence-corrected chi connectivity index (χ3v) is 21.1. The maximum absolute atomic E-state index is 13.1. The summed E-state index contributed by atoms with van der Waals surface area (Å²) in [4.78, 5) is 73.0. The van der Waals surface area contributed by atoms with Gasteiger partial charge in [0.25, 0.3) is 0 Å². The number of hydrogen-bond acceptors (Lipinski definition) is 15. The van der Waals surface area contributed by atoms with Crippen LogP contribution in [0, 0.1) is 23.7 Å². The van der Waals surface area contributed by atoms with Gasteiger partial charge in [0.2, 0.25) is 0 Å². The number of carbonyl (C=O) groups excluding carboxylic acids is 4. The Morgan fingerprint density at radius 3 is 0.710 bits per heavy atom. The van der Waals surface area contributed by atoms with Gasteiger partial charge in [0, 0.05) is 25.7 Å². The summed E-state index contributed by atoms with van der Waals surface area (Å²) < 4.78 is 68.7. The molecule has 594 valence electrons. The lowest BCUT2D eigenvalue weighted by Crippen LogP contribution is -2.30. The number of unbranched alkanes of at least 4 members (excludes halogenated alkanes) is 43. The van der Waals surface area contributed by atoms with Crippen LogP contribution in [0.15, 0.2) is 0 Å². The van der Waals surface area contributed by atoms with Crippen LogP contribution in [0.3, 0.4) is 0 Å². The van der Waals surface area contributed by atoms with Gasteiger partial charge in [0.15, 0.2) is 12.2 Å². The Hall–Kier alpha value is -1.94. The van der Waals surface area contributed by atoms with Crippen molar-refractivity contribution in [2.24, 2.45) is 23.7 Å². The summed E-state index contributed by atoms with van der Waals surface area (Å²) in [6.45, 7) is 14.3. The molecule has 100 heavy (non-hydrogen) atoms. The second-order valence-electron chi connectivity index (χ2n) is 30.8. The molecule has 0 radical (unpaired) electrons. The standard InChI is InChI=1S/C81H158O17P2/c1-9-74(8)60-52-44-39-40-46-54-62-79(84)92-68-77(98-81(86)63-55-47-37-31-25-18-14-13-16-22-28-34-42-50-58-72(4)5)70-96-100(89,90)94-66-75(82)65-93-99(87,88)95-69-76(97-80(85)64-56-48-38-32-26-20-19-23-29-35-43-51-59-73(6)7)67-91-78(83)61-53-45-36-30-24-17-12-10-11-15-21-27-33-41-49-57-71(2)3/h71-77,82H,9-70H2,1-8H3,(H,87,88)(H,89,90)/t74?,75-,76-,77-/m1/s1. The second kappa shape index (κ2) is 70.1. The van der Waals surface area contributed by atoms with Crippen LogP contribution >= 0.6 is 15.6 Å². The summed E-state index contributed by atoms with van der Waals surface area (Å²) in [5.41, 5.74) is 0. The van der Waals surface area contributed by atoms with Crippen LogP contribution in [-0.2, 0) is 65.4 Å². The lowest BCUT2D eigenvalue weighted by atomic mass is 10.00. The number of aliphatic hydroxyl groups is 1. The van der Waals surface area contributed by atoms with E-state index in [1.165, 1.54) is 212 Å². The maximum Gasteiger partial charge on any atom is 0.472 e. The number of esters is 4. The topological polar surface area (TPSA) is 237 Å².